The lowest BCUT2D eigenvalue weighted by atomic mass is 9.85. The number of alkyl halides is 3. The second-order valence-electron chi connectivity index (χ2n) is 13.6. The monoisotopic (exact) mass is 758 g/mol. The Bertz CT molecular complexity index is 2440. The van der Waals surface area contributed by atoms with Crippen molar-refractivity contribution in [2.24, 2.45) is 0 Å². The van der Waals surface area contributed by atoms with Gasteiger partial charge in [0.05, 0.1) is 29.5 Å². The Morgan fingerprint density at radius 2 is 1.80 bits per heavy atom. The average molecular weight is 759 g/mol. The van der Waals surface area contributed by atoms with Gasteiger partial charge in [-0.05, 0) is 86.8 Å². The van der Waals surface area contributed by atoms with Crippen LogP contribution in [0.3, 0.4) is 0 Å². The molecule has 0 bridgehead atoms. The van der Waals surface area contributed by atoms with E-state index in [1.807, 2.05) is 0 Å². The van der Waals surface area contributed by atoms with Gasteiger partial charge < -0.3 is 29.4 Å². The lowest BCUT2D eigenvalue weighted by Gasteiger charge is -2.39. The highest BCUT2D eigenvalue weighted by molar-refractivity contribution is 5.95. The first-order valence-electron chi connectivity index (χ1n) is 17.4. The van der Waals surface area contributed by atoms with Crippen LogP contribution in [0.5, 0.6) is 5.75 Å². The molecule has 0 radical (unpaired) electrons. The van der Waals surface area contributed by atoms with E-state index in [9.17, 15) is 37.5 Å². The molecule has 1 spiro atoms. The molecule has 5 aromatic rings. The summed E-state index contributed by atoms with van der Waals surface area (Å²) in [5.41, 5.74) is -0.546. The number of cyclic esters (lactones) is 1. The minimum absolute atomic E-state index is 0.0241. The minimum atomic E-state index is -4.56. The summed E-state index contributed by atoms with van der Waals surface area (Å²) in [5, 5.41) is 17.5. The van der Waals surface area contributed by atoms with E-state index in [0.29, 0.717) is 23.5 Å². The van der Waals surface area contributed by atoms with Crippen molar-refractivity contribution in [1.29, 1.82) is 0 Å². The first-order valence-corrected chi connectivity index (χ1v) is 17.4. The number of likely N-dealkylation sites (tertiary alicyclic amines) is 1. The van der Waals surface area contributed by atoms with E-state index in [0.717, 1.165) is 16.6 Å². The summed E-state index contributed by atoms with van der Waals surface area (Å²) < 4.78 is 54.2. The molecule has 2 N–H and O–H groups in total. The van der Waals surface area contributed by atoms with Crippen LogP contribution < -0.4 is 15.8 Å². The van der Waals surface area contributed by atoms with Gasteiger partial charge in [-0.25, -0.2) is 9.78 Å². The van der Waals surface area contributed by atoms with Crippen LogP contribution in [-0.2, 0) is 32.6 Å². The van der Waals surface area contributed by atoms with Crippen LogP contribution in [0.2, 0.25) is 0 Å². The molecule has 18 heteroatoms. The number of halogens is 3. The molecule has 3 aliphatic heterocycles. The van der Waals surface area contributed by atoms with Gasteiger partial charge in [-0.3, -0.25) is 19.3 Å². The molecule has 284 valence electrons. The van der Waals surface area contributed by atoms with Crippen molar-refractivity contribution in [2.45, 2.75) is 51.1 Å². The number of fused-ring (bicyclic) bond motifs is 3. The molecule has 55 heavy (non-hydrogen) atoms. The number of aromatic nitrogens is 5. The summed E-state index contributed by atoms with van der Waals surface area (Å²) in [6.45, 7) is 3.76. The quantitative estimate of drug-likeness (QED) is 0.245. The Balaban J connectivity index is 1.17. The smallest absolute Gasteiger partial charge is 0.416 e. The molecule has 8 rings (SSSR count). The molecule has 3 amide bonds. The van der Waals surface area contributed by atoms with E-state index >= 15 is 0 Å². The van der Waals surface area contributed by atoms with Gasteiger partial charge in [0.2, 0.25) is 11.7 Å². The van der Waals surface area contributed by atoms with Gasteiger partial charge in [-0.1, -0.05) is 0 Å². The van der Waals surface area contributed by atoms with Crippen molar-refractivity contribution in [3.8, 4) is 17.1 Å². The number of aromatic hydroxyl groups is 1. The highest BCUT2D eigenvalue weighted by Crippen LogP contribution is 2.48. The number of piperidine rings is 1. The molecule has 2 fully saturated rings. The van der Waals surface area contributed by atoms with Crippen LogP contribution in [0.25, 0.3) is 17.2 Å². The number of nitrogens with one attached hydrogen (secondary N) is 1. The number of hydrogen-bond acceptors (Lipinski definition) is 10. The van der Waals surface area contributed by atoms with Crippen molar-refractivity contribution < 1.29 is 42.1 Å². The zero-order chi connectivity index (χ0) is 38.8. The predicted molar refractivity (Wildman–Crippen MR) is 188 cm³/mol. The zero-order valence-corrected chi connectivity index (χ0v) is 29.5. The lowest BCUT2D eigenvalue weighted by Crippen LogP contribution is -2.47. The summed E-state index contributed by atoms with van der Waals surface area (Å²) in [6.07, 6.45) is -3.95. The van der Waals surface area contributed by atoms with Gasteiger partial charge in [-0.2, -0.15) is 22.7 Å². The first kappa shape index (κ1) is 35.7. The number of carbonyl (C=O) groups excluding carboxylic acids is 3. The van der Waals surface area contributed by atoms with E-state index < -0.39 is 53.5 Å². The fourth-order valence-corrected chi connectivity index (χ4v) is 7.54. The standard InChI is InChI=1S/C37H33F3N8O7/c1-20-18-23(37(38,39)40)7-10-25(20)42-27(50)19-47-30-21(2)55-36(11-14-45(15-12-36)33(52)29-26(49)4-3-13-41-29)28(30)32(51)48-34(47)43-31(44-48)22-5-8-24(9-6-22)46-16-17-54-35(46)53/h3-10,13,18,21,49H,11-12,14-17,19H2,1-2H3,(H,42,50)/t21-/m1/s1. The van der Waals surface area contributed by atoms with Crippen molar-refractivity contribution in [3.05, 3.63) is 99.2 Å². The van der Waals surface area contributed by atoms with E-state index in [2.05, 4.69) is 15.4 Å². The largest absolute Gasteiger partial charge is 0.505 e. The Morgan fingerprint density at radius 3 is 2.45 bits per heavy atom. The van der Waals surface area contributed by atoms with Crippen molar-refractivity contribution in [2.75, 3.05) is 36.5 Å². The maximum Gasteiger partial charge on any atom is 0.416 e. The predicted octanol–water partition coefficient (Wildman–Crippen LogP) is 4.80. The molecule has 3 aromatic heterocycles. The number of aryl methyl sites for hydroxylation is 1. The SMILES string of the molecule is Cc1cc(C(F)(F)F)ccc1NC(=O)Cn1c2c(c(=O)n3nc(-c4ccc(N5CCOC5=O)cc4)nc13)C1(CCN(C(=O)c3ncccc3O)CC1)O[C@@H]2C. The van der Waals surface area contributed by atoms with Crippen LogP contribution >= 0.6 is 0 Å². The zero-order valence-electron chi connectivity index (χ0n) is 29.5. The Labute approximate surface area is 309 Å². The van der Waals surface area contributed by atoms with E-state index in [1.165, 1.54) is 45.7 Å². The van der Waals surface area contributed by atoms with Crippen molar-refractivity contribution >= 4 is 35.1 Å². The normalized spacial score (nSPS) is 17.8. The van der Waals surface area contributed by atoms with Crippen LogP contribution in [0.15, 0.2) is 65.6 Å². The number of benzene rings is 2. The highest BCUT2D eigenvalue weighted by Gasteiger charge is 2.50. The lowest BCUT2D eigenvalue weighted by molar-refractivity contribution is -0.137. The van der Waals surface area contributed by atoms with Gasteiger partial charge in [0, 0.05) is 36.2 Å². The molecule has 2 saturated heterocycles. The van der Waals surface area contributed by atoms with Gasteiger partial charge in [-0.15, -0.1) is 5.10 Å². The fraction of sp³-hybridized carbons (Fsp3) is 0.324. The second-order valence-corrected chi connectivity index (χ2v) is 13.6. The van der Waals surface area contributed by atoms with Crippen molar-refractivity contribution in [3.63, 3.8) is 0 Å². The van der Waals surface area contributed by atoms with E-state index in [-0.39, 0.29) is 72.4 Å². The van der Waals surface area contributed by atoms with Gasteiger partial charge >= 0.3 is 12.3 Å². The molecular formula is C37H33F3N8O7. The molecule has 1 atom stereocenters. The summed E-state index contributed by atoms with van der Waals surface area (Å²) in [5.74, 6) is -1.16. The molecule has 2 aromatic carbocycles. The van der Waals surface area contributed by atoms with E-state index in [4.69, 9.17) is 14.5 Å². The number of hydrogen-bond donors (Lipinski definition) is 2. The Hall–Kier alpha value is -6.30. The van der Waals surface area contributed by atoms with Gasteiger partial charge in [0.25, 0.3) is 11.5 Å². The third-order valence-corrected chi connectivity index (χ3v) is 10.2. The van der Waals surface area contributed by atoms with Gasteiger partial charge in [0.1, 0.15) is 24.5 Å². The third-order valence-electron chi connectivity index (χ3n) is 10.2. The Morgan fingerprint density at radius 1 is 1.05 bits per heavy atom. The number of amides is 3. The Kier molecular flexibility index (Phi) is 8.59. The number of carbonyl (C=O) groups is 3. The number of anilines is 2. The van der Waals surface area contributed by atoms with E-state index in [1.54, 1.807) is 31.2 Å². The summed E-state index contributed by atoms with van der Waals surface area (Å²) in [6, 6.07) is 12.7. The minimum Gasteiger partial charge on any atom is -0.505 e. The van der Waals surface area contributed by atoms with Crippen molar-refractivity contribution in [1.82, 2.24) is 29.0 Å². The maximum absolute atomic E-state index is 14.5. The molecular weight excluding hydrogens is 725 g/mol. The molecule has 6 heterocycles. The summed E-state index contributed by atoms with van der Waals surface area (Å²) in [7, 11) is 0. The second kappa shape index (κ2) is 13.2. The summed E-state index contributed by atoms with van der Waals surface area (Å²) in [4.78, 5) is 65.3. The number of rotatable bonds is 6. The van der Waals surface area contributed by atoms with Crippen LogP contribution in [0.1, 0.15) is 58.7 Å². The molecule has 0 aliphatic carbocycles. The number of pyridine rings is 1. The topological polar surface area (TPSA) is 173 Å². The number of ether oxygens (including phenoxy) is 2. The summed E-state index contributed by atoms with van der Waals surface area (Å²) >= 11 is 0. The molecule has 15 nitrogen and oxygen atoms in total. The average Bonchev–Trinajstić information content (AvgIpc) is 3.87. The van der Waals surface area contributed by atoms with Crippen LogP contribution in [-0.4, -0.2) is 78.3 Å². The molecule has 0 saturated carbocycles. The maximum atomic E-state index is 14.5. The molecule has 3 aliphatic rings. The first-order chi connectivity index (χ1) is 26.2. The van der Waals surface area contributed by atoms with Crippen LogP contribution in [0, 0.1) is 6.92 Å². The van der Waals surface area contributed by atoms with Crippen LogP contribution in [0.4, 0.5) is 29.3 Å². The molecule has 0 unspecified atom stereocenters. The highest BCUT2D eigenvalue weighted by atomic mass is 19.4. The van der Waals surface area contributed by atoms with Gasteiger partial charge in [0.15, 0.2) is 11.5 Å². The number of nitrogens with zero attached hydrogens (tertiary/aromatic N) is 7. The third kappa shape index (κ3) is 6.21. The fourth-order valence-electron chi connectivity index (χ4n) is 7.54.